The maximum Gasteiger partial charge on any atom is 0.202 e. The molecule has 0 radical (unpaired) electrons. The number of rotatable bonds is 5. The summed E-state index contributed by atoms with van der Waals surface area (Å²) in [6.07, 6.45) is 2.77. The standard InChI is InChI=1S/C18H19N3O2/c1-2-5-16(6-3-1)21-9-8-14(13-21)19-12-15-11-18(23-20-15)17-7-4-10-22-17/h1-7,10-11,14,19H,8-9,12-13H2/t14-/m0/s1. The van der Waals surface area contributed by atoms with Gasteiger partial charge in [0.05, 0.1) is 12.0 Å². The molecule has 5 nitrogen and oxygen atoms in total. The summed E-state index contributed by atoms with van der Waals surface area (Å²) >= 11 is 0. The van der Waals surface area contributed by atoms with E-state index in [1.165, 1.54) is 5.69 Å². The highest BCUT2D eigenvalue weighted by molar-refractivity contribution is 5.49. The molecule has 118 valence electrons. The summed E-state index contributed by atoms with van der Waals surface area (Å²) in [6.45, 7) is 2.81. The van der Waals surface area contributed by atoms with E-state index in [1.807, 2.05) is 18.2 Å². The number of benzene rings is 1. The number of hydrogen-bond donors (Lipinski definition) is 1. The van der Waals surface area contributed by atoms with Gasteiger partial charge in [-0.1, -0.05) is 23.4 Å². The van der Waals surface area contributed by atoms with Crippen molar-refractivity contribution in [3.63, 3.8) is 0 Å². The van der Waals surface area contributed by atoms with E-state index in [9.17, 15) is 0 Å². The summed E-state index contributed by atoms with van der Waals surface area (Å²) in [5, 5.41) is 7.66. The molecule has 1 aromatic carbocycles. The van der Waals surface area contributed by atoms with Gasteiger partial charge in [0.1, 0.15) is 0 Å². The minimum absolute atomic E-state index is 0.471. The van der Waals surface area contributed by atoms with E-state index >= 15 is 0 Å². The first-order valence-electron chi connectivity index (χ1n) is 7.91. The van der Waals surface area contributed by atoms with Crippen LogP contribution in [-0.4, -0.2) is 24.3 Å². The van der Waals surface area contributed by atoms with Crippen molar-refractivity contribution < 1.29 is 8.94 Å². The van der Waals surface area contributed by atoms with Crippen LogP contribution in [0.25, 0.3) is 11.5 Å². The van der Waals surface area contributed by atoms with E-state index in [1.54, 1.807) is 6.26 Å². The summed E-state index contributed by atoms with van der Waals surface area (Å²) < 4.78 is 10.6. The zero-order chi connectivity index (χ0) is 15.5. The van der Waals surface area contributed by atoms with Gasteiger partial charge < -0.3 is 19.2 Å². The molecule has 0 amide bonds. The fourth-order valence-electron chi connectivity index (χ4n) is 2.98. The second kappa shape index (κ2) is 6.30. The van der Waals surface area contributed by atoms with Gasteiger partial charge in [-0.3, -0.25) is 0 Å². The minimum Gasteiger partial charge on any atom is -0.461 e. The van der Waals surface area contributed by atoms with Crippen LogP contribution in [0.4, 0.5) is 5.69 Å². The van der Waals surface area contributed by atoms with E-state index in [0.29, 0.717) is 24.1 Å². The van der Waals surface area contributed by atoms with Gasteiger partial charge in [0.25, 0.3) is 0 Å². The summed E-state index contributed by atoms with van der Waals surface area (Å²) in [4.78, 5) is 2.41. The zero-order valence-corrected chi connectivity index (χ0v) is 12.8. The van der Waals surface area contributed by atoms with Crippen LogP contribution in [0.2, 0.25) is 0 Å². The normalized spacial score (nSPS) is 17.7. The van der Waals surface area contributed by atoms with Crippen LogP contribution >= 0.6 is 0 Å². The summed E-state index contributed by atoms with van der Waals surface area (Å²) in [5.74, 6) is 1.38. The lowest BCUT2D eigenvalue weighted by Crippen LogP contribution is -2.32. The third kappa shape index (κ3) is 3.14. The van der Waals surface area contributed by atoms with Crippen molar-refractivity contribution in [2.24, 2.45) is 0 Å². The van der Waals surface area contributed by atoms with Crippen molar-refractivity contribution in [2.45, 2.75) is 19.0 Å². The average Bonchev–Trinajstić information content (AvgIpc) is 3.33. The Morgan fingerprint density at radius 3 is 2.87 bits per heavy atom. The van der Waals surface area contributed by atoms with Gasteiger partial charge in [-0.2, -0.15) is 0 Å². The lowest BCUT2D eigenvalue weighted by molar-refractivity contribution is 0.405. The Kier molecular flexibility index (Phi) is 3.86. The SMILES string of the molecule is c1ccc(N2CC[C@H](NCc3cc(-c4ccco4)on3)C2)cc1. The summed E-state index contributed by atoms with van der Waals surface area (Å²) in [7, 11) is 0. The average molecular weight is 309 g/mol. The number of anilines is 1. The van der Waals surface area contributed by atoms with Gasteiger partial charge in [0.2, 0.25) is 5.76 Å². The quantitative estimate of drug-likeness (QED) is 0.783. The van der Waals surface area contributed by atoms with Crippen LogP contribution < -0.4 is 10.2 Å². The number of hydrogen-bond acceptors (Lipinski definition) is 5. The number of para-hydroxylation sites is 1. The van der Waals surface area contributed by atoms with Crippen molar-refractivity contribution in [3.05, 3.63) is 60.5 Å². The van der Waals surface area contributed by atoms with Gasteiger partial charge in [0.15, 0.2) is 5.76 Å². The van der Waals surface area contributed by atoms with Crippen LogP contribution in [0.15, 0.2) is 63.7 Å². The smallest absolute Gasteiger partial charge is 0.202 e. The molecule has 0 bridgehead atoms. The molecule has 0 aliphatic carbocycles. The maximum absolute atomic E-state index is 5.32. The van der Waals surface area contributed by atoms with Crippen LogP contribution in [-0.2, 0) is 6.54 Å². The third-order valence-corrected chi connectivity index (χ3v) is 4.20. The fraction of sp³-hybridized carbons (Fsp3) is 0.278. The zero-order valence-electron chi connectivity index (χ0n) is 12.8. The molecule has 1 aliphatic rings. The maximum atomic E-state index is 5.32. The second-order valence-corrected chi connectivity index (χ2v) is 5.81. The molecule has 1 aliphatic heterocycles. The topological polar surface area (TPSA) is 54.4 Å². The van der Waals surface area contributed by atoms with Crippen molar-refractivity contribution in [2.75, 3.05) is 18.0 Å². The monoisotopic (exact) mass is 309 g/mol. The molecule has 1 saturated heterocycles. The highest BCUT2D eigenvalue weighted by Crippen LogP contribution is 2.22. The van der Waals surface area contributed by atoms with Crippen LogP contribution in [0.5, 0.6) is 0 Å². The van der Waals surface area contributed by atoms with Crippen LogP contribution in [0.1, 0.15) is 12.1 Å². The fourth-order valence-corrected chi connectivity index (χ4v) is 2.98. The first kappa shape index (κ1) is 14.1. The minimum atomic E-state index is 0.471. The molecule has 1 atom stereocenters. The Balaban J connectivity index is 1.32. The van der Waals surface area contributed by atoms with Gasteiger partial charge in [-0.05, 0) is 30.7 Å². The Morgan fingerprint density at radius 1 is 1.13 bits per heavy atom. The first-order chi connectivity index (χ1) is 11.4. The highest BCUT2D eigenvalue weighted by Gasteiger charge is 2.22. The number of nitrogens with zero attached hydrogens (tertiary/aromatic N) is 2. The van der Waals surface area contributed by atoms with E-state index in [0.717, 1.165) is 25.2 Å². The Hall–Kier alpha value is -2.53. The molecule has 4 rings (SSSR count). The lowest BCUT2D eigenvalue weighted by atomic mass is 10.2. The van der Waals surface area contributed by atoms with Crippen molar-refractivity contribution >= 4 is 5.69 Å². The molecule has 3 heterocycles. The van der Waals surface area contributed by atoms with E-state index in [-0.39, 0.29) is 0 Å². The van der Waals surface area contributed by atoms with E-state index in [4.69, 9.17) is 8.94 Å². The predicted molar refractivity (Wildman–Crippen MR) is 88.1 cm³/mol. The van der Waals surface area contributed by atoms with Gasteiger partial charge in [0, 0.05) is 37.4 Å². The molecular formula is C18H19N3O2. The summed E-state index contributed by atoms with van der Waals surface area (Å²) in [6, 6.07) is 16.7. The van der Waals surface area contributed by atoms with Crippen molar-refractivity contribution in [1.29, 1.82) is 0 Å². The highest BCUT2D eigenvalue weighted by atomic mass is 16.5. The van der Waals surface area contributed by atoms with Crippen LogP contribution in [0, 0.1) is 0 Å². The largest absolute Gasteiger partial charge is 0.461 e. The molecule has 23 heavy (non-hydrogen) atoms. The van der Waals surface area contributed by atoms with Crippen LogP contribution in [0.3, 0.4) is 0 Å². The molecular weight excluding hydrogens is 290 g/mol. The molecule has 0 unspecified atom stereocenters. The number of nitrogens with one attached hydrogen (secondary N) is 1. The van der Waals surface area contributed by atoms with E-state index < -0.39 is 0 Å². The van der Waals surface area contributed by atoms with Gasteiger partial charge in [-0.15, -0.1) is 0 Å². The molecule has 0 saturated carbocycles. The van der Waals surface area contributed by atoms with E-state index in [2.05, 4.69) is 45.7 Å². The molecule has 3 aromatic rings. The van der Waals surface area contributed by atoms with Gasteiger partial charge >= 0.3 is 0 Å². The molecule has 5 heteroatoms. The van der Waals surface area contributed by atoms with Crippen molar-refractivity contribution in [1.82, 2.24) is 10.5 Å². The Labute approximate surface area is 134 Å². The van der Waals surface area contributed by atoms with Crippen molar-refractivity contribution in [3.8, 4) is 11.5 Å². The summed E-state index contributed by atoms with van der Waals surface area (Å²) in [5.41, 5.74) is 2.19. The molecule has 1 fully saturated rings. The Morgan fingerprint density at radius 2 is 2.04 bits per heavy atom. The second-order valence-electron chi connectivity index (χ2n) is 5.81. The molecule has 2 aromatic heterocycles. The number of furan rings is 1. The third-order valence-electron chi connectivity index (χ3n) is 4.20. The Bertz CT molecular complexity index is 737. The predicted octanol–water partition coefficient (Wildman–Crippen LogP) is 3.30. The lowest BCUT2D eigenvalue weighted by Gasteiger charge is -2.18. The molecule has 0 spiro atoms. The molecule has 1 N–H and O–H groups in total. The number of aromatic nitrogens is 1. The first-order valence-corrected chi connectivity index (χ1v) is 7.91. The van der Waals surface area contributed by atoms with Gasteiger partial charge in [-0.25, -0.2) is 0 Å².